The molecule has 0 radical (unpaired) electrons. The summed E-state index contributed by atoms with van der Waals surface area (Å²) >= 11 is 3.40. The molecule has 0 aliphatic heterocycles. The minimum absolute atomic E-state index is 0.163. The van der Waals surface area contributed by atoms with Gasteiger partial charge in [0, 0.05) is 10.0 Å². The minimum atomic E-state index is -0.163. The number of ether oxygens (including phenoxy) is 3. The molecule has 0 fully saturated rings. The van der Waals surface area contributed by atoms with Gasteiger partial charge in [-0.15, -0.1) is 0 Å². The number of hydrogen-bond donors (Lipinski definition) is 0. The van der Waals surface area contributed by atoms with Crippen LogP contribution in [0, 0.1) is 0 Å². The Hall–Kier alpha value is -2.99. The Balaban J connectivity index is 1.62. The molecule has 144 valence electrons. The van der Waals surface area contributed by atoms with Crippen LogP contribution in [0.1, 0.15) is 21.9 Å². The maximum absolute atomic E-state index is 12.4. The van der Waals surface area contributed by atoms with E-state index in [9.17, 15) is 4.79 Å². The van der Waals surface area contributed by atoms with Gasteiger partial charge in [0.15, 0.2) is 17.3 Å². The molecule has 5 nitrogen and oxygen atoms in total. The molecule has 0 aliphatic carbocycles. The van der Waals surface area contributed by atoms with Crippen LogP contribution in [-0.4, -0.2) is 20.0 Å². The summed E-state index contributed by atoms with van der Waals surface area (Å²) in [6.45, 7) is 0.300. The standard InChI is InChI=1S/C22H19BrO5/c1-25-21-11-6-15(12-22(21)26-2)20(24)10-9-17-7-8-19(28-17)14-27-18-5-3-4-16(23)13-18/h3-13H,14H2,1-2H3/b10-9+. The Morgan fingerprint density at radius 3 is 2.61 bits per heavy atom. The van der Waals surface area contributed by atoms with Crippen LogP contribution in [0.25, 0.3) is 6.08 Å². The first-order valence-electron chi connectivity index (χ1n) is 8.50. The van der Waals surface area contributed by atoms with E-state index in [1.54, 1.807) is 37.5 Å². The molecule has 0 bridgehead atoms. The van der Waals surface area contributed by atoms with Crippen molar-refractivity contribution in [2.75, 3.05) is 14.2 Å². The summed E-state index contributed by atoms with van der Waals surface area (Å²) in [6.07, 6.45) is 3.08. The Bertz CT molecular complexity index is 990. The van der Waals surface area contributed by atoms with Gasteiger partial charge in [-0.05, 0) is 60.7 Å². The lowest BCUT2D eigenvalue weighted by atomic mass is 10.1. The summed E-state index contributed by atoms with van der Waals surface area (Å²) in [5, 5.41) is 0. The molecule has 0 unspecified atom stereocenters. The van der Waals surface area contributed by atoms with Crippen molar-refractivity contribution in [2.24, 2.45) is 0 Å². The fourth-order valence-electron chi connectivity index (χ4n) is 2.52. The first-order chi connectivity index (χ1) is 13.6. The van der Waals surface area contributed by atoms with E-state index < -0.39 is 0 Å². The molecule has 0 amide bonds. The van der Waals surface area contributed by atoms with Crippen molar-refractivity contribution in [1.82, 2.24) is 0 Å². The van der Waals surface area contributed by atoms with E-state index in [1.807, 2.05) is 30.3 Å². The van der Waals surface area contributed by atoms with Crippen molar-refractivity contribution in [3.8, 4) is 17.2 Å². The van der Waals surface area contributed by atoms with Crippen LogP contribution < -0.4 is 14.2 Å². The molecule has 3 aromatic rings. The molecule has 3 rings (SSSR count). The molecule has 0 spiro atoms. The normalized spacial score (nSPS) is 10.8. The van der Waals surface area contributed by atoms with Crippen molar-refractivity contribution < 1.29 is 23.4 Å². The summed E-state index contributed by atoms with van der Waals surface area (Å²) in [5.41, 5.74) is 0.499. The Morgan fingerprint density at radius 1 is 1.04 bits per heavy atom. The number of benzene rings is 2. The lowest BCUT2D eigenvalue weighted by Gasteiger charge is -2.07. The number of ketones is 1. The first-order valence-corrected chi connectivity index (χ1v) is 9.30. The van der Waals surface area contributed by atoms with Crippen LogP contribution in [0.5, 0.6) is 17.2 Å². The summed E-state index contributed by atoms with van der Waals surface area (Å²) < 4.78 is 22.7. The maximum Gasteiger partial charge on any atom is 0.186 e. The highest BCUT2D eigenvalue weighted by Crippen LogP contribution is 2.28. The number of methoxy groups -OCH3 is 2. The number of carbonyl (C=O) groups is 1. The number of furan rings is 1. The number of halogens is 1. The lowest BCUT2D eigenvalue weighted by Crippen LogP contribution is -1.97. The molecule has 0 atom stereocenters. The number of hydrogen-bond acceptors (Lipinski definition) is 5. The monoisotopic (exact) mass is 442 g/mol. The zero-order chi connectivity index (χ0) is 19.9. The van der Waals surface area contributed by atoms with E-state index in [0.717, 1.165) is 10.2 Å². The second-order valence-corrected chi connectivity index (χ2v) is 6.73. The summed E-state index contributed by atoms with van der Waals surface area (Å²) in [6, 6.07) is 16.2. The highest BCUT2D eigenvalue weighted by molar-refractivity contribution is 9.10. The Kier molecular flexibility index (Phi) is 6.55. The van der Waals surface area contributed by atoms with Crippen molar-refractivity contribution in [2.45, 2.75) is 6.61 Å². The SMILES string of the molecule is COc1ccc(C(=O)/C=C/c2ccc(COc3cccc(Br)c3)o2)cc1OC. The lowest BCUT2D eigenvalue weighted by molar-refractivity contribution is 0.104. The molecule has 6 heteroatoms. The van der Waals surface area contributed by atoms with Gasteiger partial charge >= 0.3 is 0 Å². The highest BCUT2D eigenvalue weighted by atomic mass is 79.9. The second-order valence-electron chi connectivity index (χ2n) is 5.82. The third kappa shape index (κ3) is 5.04. The van der Waals surface area contributed by atoms with E-state index in [-0.39, 0.29) is 5.78 Å². The van der Waals surface area contributed by atoms with Gasteiger partial charge in [-0.1, -0.05) is 22.0 Å². The number of rotatable bonds is 8. The summed E-state index contributed by atoms with van der Waals surface area (Å²) in [5.74, 6) is 2.89. The fourth-order valence-corrected chi connectivity index (χ4v) is 2.89. The van der Waals surface area contributed by atoms with Gasteiger partial charge in [0.2, 0.25) is 0 Å². The predicted molar refractivity (Wildman–Crippen MR) is 110 cm³/mol. The molecule has 0 saturated carbocycles. The molecule has 0 saturated heterocycles. The summed E-state index contributed by atoms with van der Waals surface area (Å²) in [4.78, 5) is 12.4. The molecule has 0 aliphatic rings. The van der Waals surface area contributed by atoms with Crippen LogP contribution in [0.15, 0.2) is 69.6 Å². The van der Waals surface area contributed by atoms with Gasteiger partial charge in [0.05, 0.1) is 14.2 Å². The second kappa shape index (κ2) is 9.28. The van der Waals surface area contributed by atoms with Gasteiger partial charge in [0.25, 0.3) is 0 Å². The summed E-state index contributed by atoms with van der Waals surface area (Å²) in [7, 11) is 3.08. The molecule has 0 N–H and O–H groups in total. The van der Waals surface area contributed by atoms with Crippen molar-refractivity contribution in [3.63, 3.8) is 0 Å². The third-order valence-electron chi connectivity index (χ3n) is 3.93. The van der Waals surface area contributed by atoms with Gasteiger partial charge in [-0.25, -0.2) is 0 Å². The predicted octanol–water partition coefficient (Wildman–Crippen LogP) is 5.53. The van der Waals surface area contributed by atoms with E-state index in [0.29, 0.717) is 35.2 Å². The van der Waals surface area contributed by atoms with Crippen molar-refractivity contribution >= 4 is 27.8 Å². The Morgan fingerprint density at radius 2 is 1.86 bits per heavy atom. The van der Waals surface area contributed by atoms with Crippen LogP contribution in [0.2, 0.25) is 0 Å². The molecule has 28 heavy (non-hydrogen) atoms. The van der Waals surface area contributed by atoms with Gasteiger partial charge in [-0.3, -0.25) is 4.79 Å². The Labute approximate surface area is 171 Å². The van der Waals surface area contributed by atoms with Crippen molar-refractivity contribution in [1.29, 1.82) is 0 Å². The average Bonchev–Trinajstić information content (AvgIpc) is 3.18. The van der Waals surface area contributed by atoms with Gasteiger partial charge in [-0.2, -0.15) is 0 Å². The van der Waals surface area contributed by atoms with Crippen molar-refractivity contribution in [3.05, 3.63) is 82.2 Å². The maximum atomic E-state index is 12.4. The van der Waals surface area contributed by atoms with E-state index in [4.69, 9.17) is 18.6 Å². The molecule has 1 heterocycles. The largest absolute Gasteiger partial charge is 0.493 e. The van der Waals surface area contributed by atoms with Crippen LogP contribution in [0.4, 0.5) is 0 Å². The van der Waals surface area contributed by atoms with E-state index >= 15 is 0 Å². The first kappa shape index (κ1) is 19.8. The third-order valence-corrected chi connectivity index (χ3v) is 4.42. The minimum Gasteiger partial charge on any atom is -0.493 e. The van der Waals surface area contributed by atoms with Crippen LogP contribution in [-0.2, 0) is 6.61 Å². The zero-order valence-corrected chi connectivity index (χ0v) is 17.1. The molecular formula is C22H19BrO5. The van der Waals surface area contributed by atoms with E-state index in [2.05, 4.69) is 15.9 Å². The van der Waals surface area contributed by atoms with Gasteiger partial charge in [0.1, 0.15) is 23.9 Å². The van der Waals surface area contributed by atoms with Gasteiger partial charge < -0.3 is 18.6 Å². The molecule has 1 aromatic heterocycles. The number of carbonyl (C=O) groups excluding carboxylic acids is 1. The van der Waals surface area contributed by atoms with Crippen LogP contribution >= 0.6 is 15.9 Å². The topological polar surface area (TPSA) is 57.9 Å². The smallest absolute Gasteiger partial charge is 0.186 e. The van der Waals surface area contributed by atoms with Crippen LogP contribution in [0.3, 0.4) is 0 Å². The zero-order valence-electron chi connectivity index (χ0n) is 15.5. The molecular weight excluding hydrogens is 424 g/mol. The van der Waals surface area contributed by atoms with E-state index in [1.165, 1.54) is 13.2 Å². The molecule has 2 aromatic carbocycles. The number of allylic oxidation sites excluding steroid dienone is 1. The quantitative estimate of drug-likeness (QED) is 0.338. The fraction of sp³-hybridized carbons (Fsp3) is 0.136. The average molecular weight is 443 g/mol. The highest BCUT2D eigenvalue weighted by Gasteiger charge is 2.09.